The van der Waals surface area contributed by atoms with Crippen LogP contribution in [-0.2, 0) is 0 Å². The van der Waals surface area contributed by atoms with Crippen LogP contribution < -0.4 is 0 Å². The molecule has 0 radical (unpaired) electrons. The molecule has 0 atom stereocenters. The highest BCUT2D eigenvalue weighted by molar-refractivity contribution is 5.25. The molecule has 0 saturated carbocycles. The molecule has 0 aromatic rings. The molecule has 0 unspecified atom stereocenters. The summed E-state index contributed by atoms with van der Waals surface area (Å²) in [4.78, 5) is 3.42. The van der Waals surface area contributed by atoms with E-state index in [4.69, 9.17) is 0 Å². The van der Waals surface area contributed by atoms with Gasteiger partial charge in [0.2, 0.25) is 0 Å². The predicted octanol–water partition coefficient (Wildman–Crippen LogP) is 3.83. The second-order valence-corrected chi connectivity index (χ2v) is 1.47. The Bertz CT molecular complexity index is 72.9. The standard InChI is InChI=1S/C5H7N.C3H8.C2H6/c1-3-4-5-6-2;1-3-2;1-2/h3-5H,1-2H2;3H2,1-2H3;1-2H3/b5-4-;;. The van der Waals surface area contributed by atoms with Gasteiger partial charge in [-0.3, -0.25) is 4.99 Å². The van der Waals surface area contributed by atoms with Gasteiger partial charge in [-0.2, -0.15) is 0 Å². The molecule has 1 heteroatoms. The summed E-state index contributed by atoms with van der Waals surface area (Å²) in [5.74, 6) is 0. The van der Waals surface area contributed by atoms with Crippen LogP contribution in [0.1, 0.15) is 34.1 Å². The quantitative estimate of drug-likeness (QED) is 0.424. The van der Waals surface area contributed by atoms with E-state index in [1.54, 1.807) is 18.4 Å². The smallest absolute Gasteiger partial charge is 0.0260 e. The van der Waals surface area contributed by atoms with Gasteiger partial charge in [0, 0.05) is 6.20 Å². The van der Waals surface area contributed by atoms with Gasteiger partial charge in [0.25, 0.3) is 0 Å². The third kappa shape index (κ3) is 101. The van der Waals surface area contributed by atoms with Gasteiger partial charge < -0.3 is 0 Å². The van der Waals surface area contributed by atoms with Crippen molar-refractivity contribution in [2.45, 2.75) is 34.1 Å². The monoisotopic (exact) mass is 155 g/mol. The van der Waals surface area contributed by atoms with E-state index in [1.807, 2.05) is 13.8 Å². The number of rotatable bonds is 2. The third-order valence-corrected chi connectivity index (χ3v) is 0.328. The van der Waals surface area contributed by atoms with Gasteiger partial charge in [-0.25, -0.2) is 0 Å². The van der Waals surface area contributed by atoms with Gasteiger partial charge in [0.15, 0.2) is 0 Å². The van der Waals surface area contributed by atoms with Crippen molar-refractivity contribution >= 4 is 6.72 Å². The van der Waals surface area contributed by atoms with Crippen LogP contribution in [0.15, 0.2) is 29.9 Å². The van der Waals surface area contributed by atoms with Gasteiger partial charge in [0.1, 0.15) is 0 Å². The predicted molar refractivity (Wildman–Crippen MR) is 56.2 cm³/mol. The molecule has 66 valence electrons. The van der Waals surface area contributed by atoms with Crippen LogP contribution in [-0.4, -0.2) is 6.72 Å². The number of hydrogen-bond acceptors (Lipinski definition) is 1. The van der Waals surface area contributed by atoms with Gasteiger partial charge in [0.05, 0.1) is 0 Å². The zero-order valence-electron chi connectivity index (χ0n) is 8.30. The second kappa shape index (κ2) is 35.3. The van der Waals surface area contributed by atoms with Crippen LogP contribution in [0.5, 0.6) is 0 Å². The average molecular weight is 155 g/mol. The summed E-state index contributed by atoms with van der Waals surface area (Å²) in [6, 6.07) is 0. The average Bonchev–Trinajstić information content (AvgIpc) is 2.06. The Labute approximate surface area is 71.6 Å². The van der Waals surface area contributed by atoms with Crippen LogP contribution in [0.25, 0.3) is 0 Å². The minimum absolute atomic E-state index is 1.25. The summed E-state index contributed by atoms with van der Waals surface area (Å²) in [6.45, 7) is 14.9. The SMILES string of the molecule is C=C/C=C\N=C.CC.CCC. The number of hydrogen-bond donors (Lipinski definition) is 0. The maximum Gasteiger partial charge on any atom is 0.0260 e. The Balaban J connectivity index is -0.000000109. The number of nitrogens with zero attached hydrogens (tertiary/aromatic N) is 1. The first kappa shape index (κ1) is 16.6. The Hall–Kier alpha value is -0.850. The van der Waals surface area contributed by atoms with Crippen LogP contribution in [0.2, 0.25) is 0 Å². The molecule has 0 aliphatic carbocycles. The molecule has 0 aromatic heterocycles. The molecule has 0 saturated heterocycles. The van der Waals surface area contributed by atoms with E-state index in [-0.39, 0.29) is 0 Å². The van der Waals surface area contributed by atoms with E-state index in [2.05, 4.69) is 32.1 Å². The zero-order chi connectivity index (χ0) is 9.54. The van der Waals surface area contributed by atoms with Crippen molar-refractivity contribution < 1.29 is 0 Å². The maximum atomic E-state index is 3.42. The normalized spacial score (nSPS) is 6.91. The lowest BCUT2D eigenvalue weighted by atomic mass is 10.6. The van der Waals surface area contributed by atoms with Crippen molar-refractivity contribution in [1.29, 1.82) is 0 Å². The van der Waals surface area contributed by atoms with E-state index >= 15 is 0 Å². The molecule has 0 fully saturated rings. The second-order valence-electron chi connectivity index (χ2n) is 1.47. The molecule has 0 bridgehead atoms. The fraction of sp³-hybridized carbons (Fsp3) is 0.500. The summed E-state index contributed by atoms with van der Waals surface area (Å²) in [5, 5.41) is 0. The summed E-state index contributed by atoms with van der Waals surface area (Å²) >= 11 is 0. The number of allylic oxidation sites excluding steroid dienone is 2. The highest BCUT2D eigenvalue weighted by Gasteiger charge is 1.47. The fourth-order valence-corrected chi connectivity index (χ4v) is 0.122. The van der Waals surface area contributed by atoms with E-state index in [9.17, 15) is 0 Å². The Kier molecular flexibility index (Phi) is 53.3. The van der Waals surface area contributed by atoms with Crippen molar-refractivity contribution in [2.75, 3.05) is 0 Å². The molecule has 0 spiro atoms. The molecular weight excluding hydrogens is 134 g/mol. The molecule has 0 aliphatic rings. The zero-order valence-corrected chi connectivity index (χ0v) is 8.30. The van der Waals surface area contributed by atoms with Crippen molar-refractivity contribution in [3.8, 4) is 0 Å². The molecule has 0 amide bonds. The van der Waals surface area contributed by atoms with E-state index in [0.29, 0.717) is 0 Å². The lowest BCUT2D eigenvalue weighted by molar-refractivity contribution is 1.09. The summed E-state index contributed by atoms with van der Waals surface area (Å²) in [6.07, 6.45) is 6.19. The van der Waals surface area contributed by atoms with Gasteiger partial charge in [-0.05, 0) is 12.8 Å². The Morgan fingerprint density at radius 1 is 1.27 bits per heavy atom. The molecule has 0 N–H and O–H groups in total. The Morgan fingerprint density at radius 3 is 1.73 bits per heavy atom. The molecule has 0 aliphatic heterocycles. The topological polar surface area (TPSA) is 12.4 Å². The minimum Gasteiger partial charge on any atom is -0.273 e. The van der Waals surface area contributed by atoms with Crippen molar-refractivity contribution in [3.05, 3.63) is 24.9 Å². The lowest BCUT2D eigenvalue weighted by Gasteiger charge is -1.61. The molecular formula is C10H21N. The maximum absolute atomic E-state index is 3.42. The lowest BCUT2D eigenvalue weighted by Crippen LogP contribution is -1.40. The first-order chi connectivity index (χ1) is 5.33. The van der Waals surface area contributed by atoms with Crippen molar-refractivity contribution in [3.63, 3.8) is 0 Å². The van der Waals surface area contributed by atoms with E-state index in [0.717, 1.165) is 0 Å². The fourth-order valence-electron chi connectivity index (χ4n) is 0.122. The third-order valence-electron chi connectivity index (χ3n) is 0.328. The first-order valence-electron chi connectivity index (χ1n) is 4.06. The van der Waals surface area contributed by atoms with E-state index < -0.39 is 0 Å². The van der Waals surface area contributed by atoms with Crippen molar-refractivity contribution in [1.82, 2.24) is 0 Å². The van der Waals surface area contributed by atoms with Gasteiger partial charge in [-0.1, -0.05) is 46.8 Å². The highest BCUT2D eigenvalue weighted by Crippen LogP contribution is 1.68. The van der Waals surface area contributed by atoms with Crippen LogP contribution in [0, 0.1) is 0 Å². The largest absolute Gasteiger partial charge is 0.273 e. The molecule has 0 rings (SSSR count). The van der Waals surface area contributed by atoms with Gasteiger partial charge >= 0.3 is 0 Å². The highest BCUT2D eigenvalue weighted by atomic mass is 14.6. The summed E-state index contributed by atoms with van der Waals surface area (Å²) in [5.41, 5.74) is 0. The Morgan fingerprint density at radius 2 is 1.64 bits per heavy atom. The molecule has 0 heterocycles. The number of aliphatic imine (C=N–C) groups is 1. The minimum atomic E-state index is 1.25. The first-order valence-corrected chi connectivity index (χ1v) is 4.06. The van der Waals surface area contributed by atoms with Crippen molar-refractivity contribution in [2.24, 2.45) is 4.99 Å². The van der Waals surface area contributed by atoms with Crippen LogP contribution in [0.3, 0.4) is 0 Å². The molecule has 0 aromatic carbocycles. The molecule has 1 nitrogen and oxygen atoms in total. The van der Waals surface area contributed by atoms with Gasteiger partial charge in [-0.15, -0.1) is 0 Å². The summed E-state index contributed by atoms with van der Waals surface area (Å²) < 4.78 is 0. The molecule has 11 heavy (non-hydrogen) atoms. The van der Waals surface area contributed by atoms with E-state index in [1.165, 1.54) is 6.42 Å². The van der Waals surface area contributed by atoms with Crippen LogP contribution in [0.4, 0.5) is 0 Å². The summed E-state index contributed by atoms with van der Waals surface area (Å²) in [7, 11) is 0. The van der Waals surface area contributed by atoms with Crippen LogP contribution >= 0.6 is 0 Å².